The number of carbonyl (C=O) groups is 1. The number of hydrogen-bond donors (Lipinski definition) is 1. The lowest BCUT2D eigenvalue weighted by Crippen LogP contribution is -2.26. The summed E-state index contributed by atoms with van der Waals surface area (Å²) in [6.45, 7) is 5.16. The molecule has 0 spiro atoms. The molecule has 0 fully saturated rings. The van der Waals surface area contributed by atoms with Crippen LogP contribution in [0.25, 0.3) is 0 Å². The number of fused-ring (bicyclic) bond motifs is 1. The molecule has 1 aliphatic heterocycles. The molecule has 3 heterocycles. The summed E-state index contributed by atoms with van der Waals surface area (Å²) in [7, 11) is 0. The molecule has 7 heteroatoms. The van der Waals surface area contributed by atoms with Crippen molar-refractivity contribution in [2.24, 2.45) is 0 Å². The quantitative estimate of drug-likeness (QED) is 0.648. The lowest BCUT2D eigenvalue weighted by Gasteiger charge is -2.19. The predicted octanol–water partition coefficient (Wildman–Crippen LogP) is 5.02. The van der Waals surface area contributed by atoms with Gasteiger partial charge in [0.15, 0.2) is 5.01 Å². The van der Waals surface area contributed by atoms with Crippen LogP contribution in [0.5, 0.6) is 0 Å². The van der Waals surface area contributed by atoms with E-state index in [0.29, 0.717) is 10.0 Å². The zero-order chi connectivity index (χ0) is 18.8. The minimum Gasteiger partial charge on any atom is -0.320 e. The molecule has 0 radical (unpaired) electrons. The number of carbonyl (C=O) groups excluding carboxylic acids is 1. The first-order chi connectivity index (χ1) is 13.1. The Morgan fingerprint density at radius 3 is 2.74 bits per heavy atom. The Labute approximate surface area is 171 Å². The number of thiazole rings is 1. The number of amides is 1. The van der Waals surface area contributed by atoms with Gasteiger partial charge in [0.05, 0.1) is 5.69 Å². The molecule has 0 bridgehead atoms. The number of aromatic nitrogens is 1. The zero-order valence-electron chi connectivity index (χ0n) is 15.0. The molecule has 2 aromatic heterocycles. The molecule has 0 saturated carbocycles. The third-order valence-electron chi connectivity index (χ3n) is 4.73. The van der Waals surface area contributed by atoms with Gasteiger partial charge in [-0.1, -0.05) is 11.6 Å². The van der Waals surface area contributed by atoms with Crippen LogP contribution in [0.15, 0.2) is 35.7 Å². The molecule has 1 aromatic carbocycles. The Morgan fingerprint density at radius 2 is 2.00 bits per heavy atom. The average molecular weight is 418 g/mol. The van der Waals surface area contributed by atoms with Crippen molar-refractivity contribution in [3.05, 3.63) is 66.8 Å². The molecule has 0 saturated heterocycles. The van der Waals surface area contributed by atoms with Gasteiger partial charge in [-0.2, -0.15) is 0 Å². The van der Waals surface area contributed by atoms with E-state index in [1.165, 1.54) is 26.7 Å². The van der Waals surface area contributed by atoms with Crippen LogP contribution in [0.1, 0.15) is 30.8 Å². The van der Waals surface area contributed by atoms with Gasteiger partial charge < -0.3 is 5.32 Å². The molecule has 1 N–H and O–H groups in total. The van der Waals surface area contributed by atoms with Crippen LogP contribution in [-0.4, -0.2) is 28.9 Å². The highest BCUT2D eigenvalue weighted by molar-refractivity contribution is 7.13. The summed E-state index contributed by atoms with van der Waals surface area (Å²) in [4.78, 5) is 22.3. The third-order valence-corrected chi connectivity index (χ3v) is 7.15. The van der Waals surface area contributed by atoms with Crippen LogP contribution in [-0.2, 0) is 19.4 Å². The molecular formula is C20H20ClN3OS2. The molecule has 1 amide bonds. The smallest absolute Gasteiger partial charge is 0.284 e. The van der Waals surface area contributed by atoms with E-state index < -0.39 is 0 Å². The summed E-state index contributed by atoms with van der Waals surface area (Å²) in [6, 6.07) is 9.30. The Kier molecular flexibility index (Phi) is 5.59. The molecule has 1 aliphatic rings. The lowest BCUT2D eigenvalue weighted by atomic mass is 10.2. The van der Waals surface area contributed by atoms with Crippen molar-refractivity contribution in [2.75, 3.05) is 18.4 Å². The van der Waals surface area contributed by atoms with E-state index in [2.05, 4.69) is 33.6 Å². The molecule has 4 nitrogen and oxygen atoms in total. The molecule has 4 rings (SSSR count). The van der Waals surface area contributed by atoms with Gasteiger partial charge in [0.25, 0.3) is 5.91 Å². The van der Waals surface area contributed by atoms with Gasteiger partial charge in [0.2, 0.25) is 0 Å². The number of hydrogen-bond acceptors (Lipinski definition) is 5. The maximum Gasteiger partial charge on any atom is 0.284 e. The van der Waals surface area contributed by atoms with Crippen molar-refractivity contribution in [1.29, 1.82) is 0 Å². The minimum absolute atomic E-state index is 0.151. The number of nitrogens with one attached hydrogen (secondary N) is 1. The summed E-state index contributed by atoms with van der Waals surface area (Å²) < 4.78 is 0. The van der Waals surface area contributed by atoms with Crippen LogP contribution in [0.2, 0.25) is 5.02 Å². The van der Waals surface area contributed by atoms with E-state index in [-0.39, 0.29) is 5.91 Å². The fourth-order valence-electron chi connectivity index (χ4n) is 3.15. The molecule has 0 aliphatic carbocycles. The first kappa shape index (κ1) is 18.6. The first-order valence-corrected chi connectivity index (χ1v) is 11.0. The van der Waals surface area contributed by atoms with Crippen molar-refractivity contribution in [3.63, 3.8) is 0 Å². The lowest BCUT2D eigenvalue weighted by molar-refractivity contribution is 0.102. The molecule has 0 atom stereocenters. The monoisotopic (exact) mass is 417 g/mol. The number of thiophene rings is 1. The van der Waals surface area contributed by atoms with E-state index in [1.54, 1.807) is 24.3 Å². The number of nitrogens with zero attached hydrogens (tertiary/aromatic N) is 2. The molecule has 3 aromatic rings. The second-order valence-electron chi connectivity index (χ2n) is 6.65. The van der Waals surface area contributed by atoms with E-state index in [9.17, 15) is 4.79 Å². The van der Waals surface area contributed by atoms with E-state index in [1.807, 2.05) is 11.3 Å². The second kappa shape index (κ2) is 8.10. The Balaban J connectivity index is 1.40. The number of benzene rings is 1. The van der Waals surface area contributed by atoms with Gasteiger partial charge in [-0.15, -0.1) is 22.7 Å². The second-order valence-corrected chi connectivity index (χ2v) is 9.17. The summed E-state index contributed by atoms with van der Waals surface area (Å²) in [5.41, 5.74) is 3.18. The molecule has 140 valence electrons. The van der Waals surface area contributed by atoms with Gasteiger partial charge in [0.1, 0.15) is 0 Å². The van der Waals surface area contributed by atoms with Crippen molar-refractivity contribution >= 4 is 45.9 Å². The summed E-state index contributed by atoms with van der Waals surface area (Å²) in [5, 5.41) is 6.24. The van der Waals surface area contributed by atoms with Crippen molar-refractivity contribution in [3.8, 4) is 0 Å². The SMILES string of the molecule is Cc1ccsc1CN1CCc2nc(C(=O)Nc3ccc(Cl)cc3)sc2CC1. The van der Waals surface area contributed by atoms with Gasteiger partial charge in [-0.05, 0) is 54.6 Å². The standard InChI is InChI=1S/C20H20ClN3OS2/c1-13-8-11-26-18(13)12-24-9-6-16-17(7-10-24)27-20(23-16)19(25)22-15-4-2-14(21)3-5-15/h2-5,8,11H,6-7,9-10,12H2,1H3,(H,22,25). The maximum absolute atomic E-state index is 12.5. The Bertz CT molecular complexity index is 923. The van der Waals surface area contributed by atoms with Gasteiger partial charge >= 0.3 is 0 Å². The van der Waals surface area contributed by atoms with Gasteiger partial charge in [0, 0.05) is 46.5 Å². The van der Waals surface area contributed by atoms with Crippen molar-refractivity contribution in [2.45, 2.75) is 26.3 Å². The van der Waals surface area contributed by atoms with Gasteiger partial charge in [-0.25, -0.2) is 4.98 Å². The Hall–Kier alpha value is -1.73. The van der Waals surface area contributed by atoms with Crippen LogP contribution in [0.4, 0.5) is 5.69 Å². The minimum atomic E-state index is -0.151. The van der Waals surface area contributed by atoms with Crippen LogP contribution < -0.4 is 5.32 Å². The molecule has 0 unspecified atom stereocenters. The fraction of sp³-hybridized carbons (Fsp3) is 0.300. The highest BCUT2D eigenvalue weighted by Crippen LogP contribution is 2.26. The number of aryl methyl sites for hydroxylation is 1. The average Bonchev–Trinajstić information content (AvgIpc) is 3.20. The number of anilines is 1. The largest absolute Gasteiger partial charge is 0.320 e. The Morgan fingerprint density at radius 1 is 1.22 bits per heavy atom. The summed E-state index contributed by atoms with van der Waals surface area (Å²) in [6.07, 6.45) is 1.84. The summed E-state index contributed by atoms with van der Waals surface area (Å²) in [5.74, 6) is -0.151. The fourth-order valence-corrected chi connectivity index (χ4v) is 5.22. The van der Waals surface area contributed by atoms with Gasteiger partial charge in [-0.3, -0.25) is 9.69 Å². The first-order valence-electron chi connectivity index (χ1n) is 8.89. The van der Waals surface area contributed by atoms with Crippen LogP contribution in [0, 0.1) is 6.92 Å². The number of halogens is 1. The van der Waals surface area contributed by atoms with Crippen LogP contribution >= 0.6 is 34.3 Å². The summed E-state index contributed by atoms with van der Waals surface area (Å²) >= 11 is 9.24. The number of rotatable bonds is 4. The van der Waals surface area contributed by atoms with Crippen molar-refractivity contribution < 1.29 is 4.79 Å². The predicted molar refractivity (Wildman–Crippen MR) is 113 cm³/mol. The van der Waals surface area contributed by atoms with E-state index in [0.717, 1.165) is 43.9 Å². The molecule has 27 heavy (non-hydrogen) atoms. The van der Waals surface area contributed by atoms with Crippen LogP contribution in [0.3, 0.4) is 0 Å². The van der Waals surface area contributed by atoms with E-state index in [4.69, 9.17) is 11.6 Å². The third kappa shape index (κ3) is 4.41. The highest BCUT2D eigenvalue weighted by Gasteiger charge is 2.21. The highest BCUT2D eigenvalue weighted by atomic mass is 35.5. The topological polar surface area (TPSA) is 45.2 Å². The molecular weight excluding hydrogens is 398 g/mol. The zero-order valence-corrected chi connectivity index (χ0v) is 17.4. The maximum atomic E-state index is 12.5. The van der Waals surface area contributed by atoms with E-state index >= 15 is 0 Å². The normalized spacial score (nSPS) is 14.6. The van der Waals surface area contributed by atoms with Crippen molar-refractivity contribution in [1.82, 2.24) is 9.88 Å².